The molecule has 2 aromatic heterocycles. The molecule has 1 atom stereocenters. The van der Waals surface area contributed by atoms with Crippen LogP contribution in [0, 0.1) is 25.1 Å². The van der Waals surface area contributed by atoms with Gasteiger partial charge in [0.1, 0.15) is 23.3 Å². The van der Waals surface area contributed by atoms with E-state index in [1.807, 2.05) is 13.0 Å². The molecule has 5 rings (SSSR count). The number of aryl methyl sites for hydroxylation is 2. The molecule has 1 aromatic carbocycles. The minimum Gasteiger partial charge on any atom is -0.363 e. The van der Waals surface area contributed by atoms with Crippen molar-refractivity contribution >= 4 is 28.4 Å². The van der Waals surface area contributed by atoms with E-state index in [0.717, 1.165) is 30.7 Å². The van der Waals surface area contributed by atoms with E-state index in [1.54, 1.807) is 13.8 Å². The molecule has 0 saturated carbocycles. The molecule has 2 aliphatic heterocycles. The van der Waals surface area contributed by atoms with Gasteiger partial charge in [-0.05, 0) is 26.8 Å². The molecule has 34 heavy (non-hydrogen) atoms. The zero-order chi connectivity index (χ0) is 24.2. The van der Waals surface area contributed by atoms with E-state index in [1.165, 1.54) is 12.1 Å². The Kier molecular flexibility index (Phi) is 5.33. The Morgan fingerprint density at radius 1 is 1.15 bits per heavy atom. The fourth-order valence-electron chi connectivity index (χ4n) is 4.91. The summed E-state index contributed by atoms with van der Waals surface area (Å²) >= 11 is 0. The minimum atomic E-state index is -2.89. The summed E-state index contributed by atoms with van der Waals surface area (Å²) in [5.74, 6) is 0.909. The fourth-order valence-corrected chi connectivity index (χ4v) is 4.91. The zero-order valence-electron chi connectivity index (χ0n) is 19.1. The van der Waals surface area contributed by atoms with Gasteiger partial charge in [0.2, 0.25) is 5.91 Å². The second-order valence-corrected chi connectivity index (χ2v) is 9.31. The van der Waals surface area contributed by atoms with Crippen LogP contribution >= 0.6 is 0 Å². The van der Waals surface area contributed by atoms with Crippen LogP contribution in [0.25, 0.3) is 10.9 Å². The topological polar surface area (TPSA) is 83.0 Å². The Hall–Kier alpha value is -3.43. The largest absolute Gasteiger partial charge is 0.363 e. The van der Waals surface area contributed by atoms with Gasteiger partial charge in [0.05, 0.1) is 22.8 Å². The number of carbonyl (C=O) groups is 1. The molecule has 2 fully saturated rings. The van der Waals surface area contributed by atoms with Gasteiger partial charge in [-0.2, -0.15) is 0 Å². The SMILES string of the molecule is Cc1nc(N[C@H](C)c2cccc(C(F)F)c2F)c2cc(N3CC4(CNC(=O)C4)C3)nc(C)c2n1. The third-order valence-corrected chi connectivity index (χ3v) is 6.64. The highest BCUT2D eigenvalue weighted by Gasteiger charge is 2.48. The highest BCUT2D eigenvalue weighted by molar-refractivity contribution is 5.92. The van der Waals surface area contributed by atoms with Crippen LogP contribution in [0.15, 0.2) is 24.3 Å². The van der Waals surface area contributed by atoms with Gasteiger partial charge < -0.3 is 15.5 Å². The van der Waals surface area contributed by atoms with Crippen molar-refractivity contribution in [2.24, 2.45) is 5.41 Å². The molecule has 1 spiro atoms. The fraction of sp³-hybridized carbons (Fsp3) is 0.417. The highest BCUT2D eigenvalue weighted by Crippen LogP contribution is 2.40. The highest BCUT2D eigenvalue weighted by atomic mass is 19.3. The number of halogens is 3. The molecule has 4 heterocycles. The number of amides is 1. The summed E-state index contributed by atoms with van der Waals surface area (Å²) < 4.78 is 41.1. The van der Waals surface area contributed by atoms with E-state index < -0.39 is 23.8 Å². The van der Waals surface area contributed by atoms with Crippen molar-refractivity contribution in [3.05, 3.63) is 52.7 Å². The van der Waals surface area contributed by atoms with Crippen molar-refractivity contribution in [1.29, 1.82) is 0 Å². The number of carbonyl (C=O) groups excluding carboxylic acids is 1. The van der Waals surface area contributed by atoms with E-state index in [4.69, 9.17) is 4.98 Å². The maximum Gasteiger partial charge on any atom is 0.266 e. The Morgan fingerprint density at radius 2 is 1.88 bits per heavy atom. The summed E-state index contributed by atoms with van der Waals surface area (Å²) in [7, 11) is 0. The van der Waals surface area contributed by atoms with Gasteiger partial charge in [-0.15, -0.1) is 0 Å². The first-order valence-corrected chi connectivity index (χ1v) is 11.2. The quantitative estimate of drug-likeness (QED) is 0.581. The average Bonchev–Trinajstić information content (AvgIpc) is 3.15. The summed E-state index contributed by atoms with van der Waals surface area (Å²) in [5, 5.41) is 6.81. The van der Waals surface area contributed by atoms with Crippen molar-refractivity contribution in [3.8, 4) is 0 Å². The number of nitrogens with zero attached hydrogens (tertiary/aromatic N) is 4. The smallest absolute Gasteiger partial charge is 0.266 e. The molecule has 2 saturated heterocycles. The number of aromatic nitrogens is 3. The van der Waals surface area contributed by atoms with Crippen LogP contribution < -0.4 is 15.5 Å². The summed E-state index contributed by atoms with van der Waals surface area (Å²) in [4.78, 5) is 27.6. The van der Waals surface area contributed by atoms with Crippen LogP contribution in [-0.4, -0.2) is 40.5 Å². The molecular formula is C24H25F3N6O. The van der Waals surface area contributed by atoms with E-state index in [2.05, 4.69) is 25.5 Å². The number of hydrogen-bond acceptors (Lipinski definition) is 6. The Morgan fingerprint density at radius 3 is 2.56 bits per heavy atom. The lowest BCUT2D eigenvalue weighted by molar-refractivity contribution is -0.119. The molecule has 178 valence electrons. The number of rotatable bonds is 5. The molecule has 0 aliphatic carbocycles. The van der Waals surface area contributed by atoms with Crippen LogP contribution in [0.2, 0.25) is 0 Å². The molecule has 0 bridgehead atoms. The third kappa shape index (κ3) is 3.80. The van der Waals surface area contributed by atoms with Gasteiger partial charge >= 0.3 is 0 Å². The number of alkyl halides is 2. The van der Waals surface area contributed by atoms with Crippen molar-refractivity contribution in [2.45, 2.75) is 39.7 Å². The summed E-state index contributed by atoms with van der Waals surface area (Å²) in [6.45, 7) is 7.44. The molecule has 0 radical (unpaired) electrons. The van der Waals surface area contributed by atoms with Gasteiger partial charge in [-0.1, -0.05) is 18.2 Å². The molecule has 2 aliphatic rings. The summed E-state index contributed by atoms with van der Waals surface area (Å²) in [6.07, 6.45) is -2.37. The number of fused-ring (bicyclic) bond motifs is 1. The molecule has 0 unspecified atom stereocenters. The lowest BCUT2D eigenvalue weighted by Crippen LogP contribution is -2.57. The monoisotopic (exact) mass is 470 g/mol. The number of hydrogen-bond donors (Lipinski definition) is 2. The van der Waals surface area contributed by atoms with Gasteiger partial charge in [-0.3, -0.25) is 4.79 Å². The lowest BCUT2D eigenvalue weighted by Gasteiger charge is -2.47. The first-order chi connectivity index (χ1) is 16.2. The molecule has 3 aromatic rings. The average molecular weight is 470 g/mol. The van der Waals surface area contributed by atoms with E-state index in [-0.39, 0.29) is 16.9 Å². The maximum absolute atomic E-state index is 14.7. The second-order valence-electron chi connectivity index (χ2n) is 9.31. The molecule has 10 heteroatoms. The summed E-state index contributed by atoms with van der Waals surface area (Å²) in [5.41, 5.74) is 0.857. The number of pyridine rings is 1. The molecular weight excluding hydrogens is 445 g/mol. The Balaban J connectivity index is 1.48. The molecule has 2 N–H and O–H groups in total. The zero-order valence-corrected chi connectivity index (χ0v) is 19.1. The standard InChI is InChI=1S/C24H25F3N6O/c1-12(15-5-4-6-16(20(15)25)22(26)27)30-23-17-7-18(29-13(2)21(17)31-14(3)32-23)33-10-24(11-33)8-19(34)28-9-24/h4-7,12,22H,8-11H2,1-3H3,(H,28,34)(H,30,31,32)/t12-/m1/s1. The first kappa shape index (κ1) is 22.4. The predicted molar refractivity (Wildman–Crippen MR) is 122 cm³/mol. The minimum absolute atomic E-state index is 0.0474. The lowest BCUT2D eigenvalue weighted by atomic mass is 9.79. The first-order valence-electron chi connectivity index (χ1n) is 11.2. The number of benzene rings is 1. The van der Waals surface area contributed by atoms with Crippen molar-refractivity contribution in [1.82, 2.24) is 20.3 Å². The molecule has 1 amide bonds. The Labute approximate surface area is 194 Å². The normalized spacial score (nSPS) is 17.9. The third-order valence-electron chi connectivity index (χ3n) is 6.64. The van der Waals surface area contributed by atoms with Crippen LogP contribution in [0.1, 0.15) is 48.5 Å². The van der Waals surface area contributed by atoms with Gasteiger partial charge in [0, 0.05) is 42.4 Å². The maximum atomic E-state index is 14.7. The van der Waals surface area contributed by atoms with Crippen LogP contribution in [-0.2, 0) is 4.79 Å². The van der Waals surface area contributed by atoms with E-state index >= 15 is 0 Å². The van der Waals surface area contributed by atoms with Crippen LogP contribution in [0.4, 0.5) is 24.8 Å². The van der Waals surface area contributed by atoms with E-state index in [0.29, 0.717) is 35.5 Å². The number of anilines is 2. The molecule has 7 nitrogen and oxygen atoms in total. The van der Waals surface area contributed by atoms with E-state index in [9.17, 15) is 18.0 Å². The van der Waals surface area contributed by atoms with Gasteiger partial charge in [0.25, 0.3) is 6.43 Å². The number of nitrogens with one attached hydrogen (secondary N) is 2. The predicted octanol–water partition coefficient (Wildman–Crippen LogP) is 4.22. The van der Waals surface area contributed by atoms with Gasteiger partial charge in [-0.25, -0.2) is 28.1 Å². The summed E-state index contributed by atoms with van der Waals surface area (Å²) in [6, 6.07) is 5.28. The van der Waals surface area contributed by atoms with Crippen LogP contribution in [0.5, 0.6) is 0 Å². The Bertz CT molecular complexity index is 1290. The van der Waals surface area contributed by atoms with Crippen molar-refractivity contribution in [3.63, 3.8) is 0 Å². The second kappa shape index (κ2) is 8.11. The van der Waals surface area contributed by atoms with Gasteiger partial charge in [0.15, 0.2) is 0 Å². The van der Waals surface area contributed by atoms with Crippen LogP contribution in [0.3, 0.4) is 0 Å². The van der Waals surface area contributed by atoms with Crippen molar-refractivity contribution in [2.75, 3.05) is 29.9 Å². The van der Waals surface area contributed by atoms with Crippen molar-refractivity contribution < 1.29 is 18.0 Å².